The number of carboxylic acids is 1. The molecule has 0 aromatic carbocycles. The Kier molecular flexibility index (Phi) is 5.35. The first-order valence-electron chi connectivity index (χ1n) is 7.03. The molecule has 0 aliphatic heterocycles. The van der Waals surface area contributed by atoms with Crippen LogP contribution in [-0.2, 0) is 9.59 Å². The van der Waals surface area contributed by atoms with Gasteiger partial charge in [-0.25, -0.2) is 0 Å². The summed E-state index contributed by atoms with van der Waals surface area (Å²) in [5.41, 5.74) is -1.57. The van der Waals surface area contributed by atoms with Crippen molar-refractivity contribution >= 4 is 11.9 Å². The Morgan fingerprint density at radius 2 is 1.84 bits per heavy atom. The monoisotopic (exact) mass is 271 g/mol. The Balaban J connectivity index is 2.70. The summed E-state index contributed by atoms with van der Waals surface area (Å²) in [7, 11) is 0. The molecule has 1 aliphatic carbocycles. The van der Waals surface area contributed by atoms with Crippen LogP contribution in [0, 0.1) is 5.41 Å². The van der Waals surface area contributed by atoms with E-state index in [0.29, 0.717) is 19.3 Å². The summed E-state index contributed by atoms with van der Waals surface area (Å²) >= 11 is 0. The van der Waals surface area contributed by atoms with Gasteiger partial charge in [-0.2, -0.15) is 0 Å². The second-order valence-corrected chi connectivity index (χ2v) is 5.94. The van der Waals surface area contributed by atoms with Crippen LogP contribution < -0.4 is 5.32 Å². The van der Waals surface area contributed by atoms with Crippen molar-refractivity contribution in [3.63, 3.8) is 0 Å². The number of carboxylic acid groups (broad SMARTS) is 1. The number of aliphatic hydroxyl groups excluding tert-OH is 1. The topological polar surface area (TPSA) is 86.6 Å². The lowest BCUT2D eigenvalue weighted by Crippen LogP contribution is -2.50. The second-order valence-electron chi connectivity index (χ2n) is 5.94. The van der Waals surface area contributed by atoms with Crippen molar-refractivity contribution in [1.29, 1.82) is 0 Å². The van der Waals surface area contributed by atoms with Gasteiger partial charge in [0.25, 0.3) is 0 Å². The van der Waals surface area contributed by atoms with Gasteiger partial charge in [0.05, 0.1) is 17.6 Å². The highest BCUT2D eigenvalue weighted by atomic mass is 16.4. The summed E-state index contributed by atoms with van der Waals surface area (Å²) in [6.45, 7) is 3.50. The summed E-state index contributed by atoms with van der Waals surface area (Å²) in [5.74, 6) is -1.15. The van der Waals surface area contributed by atoms with Crippen molar-refractivity contribution in [2.75, 3.05) is 6.61 Å². The number of aliphatic carboxylic acids is 1. The van der Waals surface area contributed by atoms with Crippen molar-refractivity contribution in [3.8, 4) is 0 Å². The van der Waals surface area contributed by atoms with E-state index in [1.54, 1.807) is 6.92 Å². The Hall–Kier alpha value is -1.10. The fourth-order valence-corrected chi connectivity index (χ4v) is 2.62. The number of rotatable bonds is 6. The zero-order valence-corrected chi connectivity index (χ0v) is 11.9. The van der Waals surface area contributed by atoms with Crippen LogP contribution in [0.2, 0.25) is 0 Å². The lowest BCUT2D eigenvalue weighted by molar-refractivity contribution is -0.154. The standard InChI is InChI=1S/C14H25NO4/c1-3-13(2,10-16)15-11(17)9-14(12(18)19)7-5-4-6-8-14/h16H,3-10H2,1-2H3,(H,15,17)(H,18,19). The van der Waals surface area contributed by atoms with Crippen LogP contribution in [-0.4, -0.2) is 34.2 Å². The Morgan fingerprint density at radius 1 is 1.26 bits per heavy atom. The SMILES string of the molecule is CCC(C)(CO)NC(=O)CC1(C(=O)O)CCCCC1. The van der Waals surface area contributed by atoms with Gasteiger partial charge in [-0.05, 0) is 26.2 Å². The molecule has 0 aromatic heterocycles. The Labute approximate surface area is 114 Å². The van der Waals surface area contributed by atoms with Crippen LogP contribution in [0.4, 0.5) is 0 Å². The van der Waals surface area contributed by atoms with Crippen LogP contribution in [0.15, 0.2) is 0 Å². The minimum Gasteiger partial charge on any atom is -0.481 e. The third-order valence-corrected chi connectivity index (χ3v) is 4.33. The van der Waals surface area contributed by atoms with Crippen LogP contribution in [0.5, 0.6) is 0 Å². The predicted octanol–water partition coefficient (Wildman–Crippen LogP) is 1.69. The minimum absolute atomic E-state index is 0.0118. The molecular formula is C14H25NO4. The Morgan fingerprint density at radius 3 is 2.26 bits per heavy atom. The highest BCUT2D eigenvalue weighted by molar-refractivity contribution is 5.85. The largest absolute Gasteiger partial charge is 0.481 e. The fourth-order valence-electron chi connectivity index (χ4n) is 2.62. The first-order chi connectivity index (χ1) is 8.87. The molecule has 0 bridgehead atoms. The summed E-state index contributed by atoms with van der Waals surface area (Å²) in [4.78, 5) is 23.6. The molecule has 3 N–H and O–H groups in total. The van der Waals surface area contributed by atoms with Gasteiger partial charge in [-0.15, -0.1) is 0 Å². The van der Waals surface area contributed by atoms with E-state index < -0.39 is 16.9 Å². The molecule has 1 rings (SSSR count). The molecule has 0 radical (unpaired) electrons. The molecule has 1 aliphatic rings. The van der Waals surface area contributed by atoms with Gasteiger partial charge in [-0.1, -0.05) is 26.2 Å². The molecule has 110 valence electrons. The fraction of sp³-hybridized carbons (Fsp3) is 0.857. The third kappa shape index (κ3) is 3.93. The maximum atomic E-state index is 12.1. The summed E-state index contributed by atoms with van der Waals surface area (Å²) < 4.78 is 0. The highest BCUT2D eigenvalue weighted by Gasteiger charge is 2.42. The van der Waals surface area contributed by atoms with Gasteiger partial charge in [0.2, 0.25) is 5.91 Å². The van der Waals surface area contributed by atoms with Gasteiger partial charge in [0.15, 0.2) is 0 Å². The minimum atomic E-state index is -0.910. The first-order valence-corrected chi connectivity index (χ1v) is 7.03. The molecule has 0 heterocycles. The maximum absolute atomic E-state index is 12.1. The number of aliphatic hydroxyl groups is 1. The molecule has 0 spiro atoms. The van der Waals surface area contributed by atoms with Gasteiger partial charge in [0, 0.05) is 6.42 Å². The van der Waals surface area contributed by atoms with Gasteiger partial charge < -0.3 is 15.5 Å². The summed E-state index contributed by atoms with van der Waals surface area (Å²) in [5, 5.41) is 21.5. The predicted molar refractivity (Wildman–Crippen MR) is 71.7 cm³/mol. The molecule has 19 heavy (non-hydrogen) atoms. The van der Waals surface area contributed by atoms with E-state index in [-0.39, 0.29) is 18.9 Å². The first kappa shape index (κ1) is 16.0. The van der Waals surface area contributed by atoms with E-state index in [2.05, 4.69) is 5.32 Å². The van der Waals surface area contributed by atoms with E-state index in [1.807, 2.05) is 6.92 Å². The molecule has 1 fully saturated rings. The lowest BCUT2D eigenvalue weighted by atomic mass is 9.71. The van der Waals surface area contributed by atoms with E-state index in [0.717, 1.165) is 19.3 Å². The number of hydrogen-bond acceptors (Lipinski definition) is 3. The summed E-state index contributed by atoms with van der Waals surface area (Å²) in [6.07, 6.45) is 4.53. The average molecular weight is 271 g/mol. The smallest absolute Gasteiger partial charge is 0.310 e. The van der Waals surface area contributed by atoms with E-state index in [9.17, 15) is 19.8 Å². The molecule has 1 atom stereocenters. The van der Waals surface area contributed by atoms with E-state index in [1.165, 1.54) is 0 Å². The number of hydrogen-bond donors (Lipinski definition) is 3. The molecule has 1 amide bonds. The molecule has 1 unspecified atom stereocenters. The normalized spacial score (nSPS) is 21.4. The molecular weight excluding hydrogens is 246 g/mol. The highest BCUT2D eigenvalue weighted by Crippen LogP contribution is 2.39. The van der Waals surface area contributed by atoms with Crippen molar-refractivity contribution in [3.05, 3.63) is 0 Å². The van der Waals surface area contributed by atoms with Crippen molar-refractivity contribution in [2.24, 2.45) is 5.41 Å². The number of carbonyl (C=O) groups excluding carboxylic acids is 1. The van der Waals surface area contributed by atoms with Crippen molar-refractivity contribution in [2.45, 2.75) is 64.3 Å². The zero-order chi connectivity index (χ0) is 14.5. The molecule has 5 nitrogen and oxygen atoms in total. The van der Waals surface area contributed by atoms with Crippen molar-refractivity contribution in [1.82, 2.24) is 5.32 Å². The number of amides is 1. The zero-order valence-electron chi connectivity index (χ0n) is 11.9. The maximum Gasteiger partial charge on any atom is 0.310 e. The average Bonchev–Trinajstić information content (AvgIpc) is 2.39. The third-order valence-electron chi connectivity index (χ3n) is 4.33. The second kappa shape index (κ2) is 6.37. The summed E-state index contributed by atoms with van der Waals surface area (Å²) in [6, 6.07) is 0. The van der Waals surface area contributed by atoms with Gasteiger partial charge in [0.1, 0.15) is 0 Å². The van der Waals surface area contributed by atoms with E-state index >= 15 is 0 Å². The Bertz CT molecular complexity index is 330. The van der Waals surface area contributed by atoms with E-state index in [4.69, 9.17) is 0 Å². The molecule has 5 heteroatoms. The lowest BCUT2D eigenvalue weighted by Gasteiger charge is -2.34. The van der Waals surface area contributed by atoms with Crippen LogP contribution >= 0.6 is 0 Å². The molecule has 0 aromatic rings. The number of carbonyl (C=O) groups is 2. The molecule has 0 saturated heterocycles. The molecule has 1 saturated carbocycles. The van der Waals surface area contributed by atoms with Gasteiger partial charge >= 0.3 is 5.97 Å². The van der Waals surface area contributed by atoms with Gasteiger partial charge in [-0.3, -0.25) is 9.59 Å². The van der Waals surface area contributed by atoms with Crippen LogP contribution in [0.1, 0.15) is 58.8 Å². The van der Waals surface area contributed by atoms with Crippen LogP contribution in [0.25, 0.3) is 0 Å². The van der Waals surface area contributed by atoms with Crippen molar-refractivity contribution < 1.29 is 19.8 Å². The quantitative estimate of drug-likeness (QED) is 0.686. The number of nitrogens with one attached hydrogen (secondary N) is 1. The van der Waals surface area contributed by atoms with Crippen LogP contribution in [0.3, 0.4) is 0 Å².